The number of carboxylic acids is 1. The molecule has 1 aromatic carbocycles. The minimum Gasteiger partial charge on any atom is -0.492 e. The number of methoxy groups -OCH3 is 1. The van der Waals surface area contributed by atoms with E-state index in [-0.39, 0.29) is 11.4 Å². The van der Waals surface area contributed by atoms with E-state index >= 15 is 0 Å². The first kappa shape index (κ1) is 10.2. The largest absolute Gasteiger partial charge is 0.492 e. The van der Waals surface area contributed by atoms with E-state index in [9.17, 15) is 4.79 Å². The van der Waals surface area contributed by atoms with Gasteiger partial charge >= 0.3 is 5.97 Å². The fourth-order valence-electron chi connectivity index (χ4n) is 1.47. The number of rotatable bonds is 3. The van der Waals surface area contributed by atoms with Gasteiger partial charge in [0.25, 0.3) is 0 Å². The summed E-state index contributed by atoms with van der Waals surface area (Å²) in [4.78, 5) is 10.9. The highest BCUT2D eigenvalue weighted by atomic mass is 16.5. The molecule has 5 nitrogen and oxygen atoms in total. The molecule has 0 aliphatic heterocycles. The SMILES string of the molecule is COc1c(-c2ccccc2)n[nH]c1C(=O)O. The molecule has 0 unspecified atom stereocenters. The van der Waals surface area contributed by atoms with Crippen LogP contribution in [0.3, 0.4) is 0 Å². The van der Waals surface area contributed by atoms with Gasteiger partial charge in [0.1, 0.15) is 5.69 Å². The van der Waals surface area contributed by atoms with E-state index in [0.717, 1.165) is 5.56 Å². The standard InChI is InChI=1S/C11H10N2O3/c1-16-10-8(7-5-3-2-4-6-7)12-13-9(10)11(14)15/h2-6H,1H3,(H,12,13)(H,14,15). The Bertz CT molecular complexity index is 505. The summed E-state index contributed by atoms with van der Waals surface area (Å²) < 4.78 is 5.06. The van der Waals surface area contributed by atoms with E-state index < -0.39 is 5.97 Å². The second kappa shape index (κ2) is 4.06. The van der Waals surface area contributed by atoms with Gasteiger partial charge in [0.2, 0.25) is 0 Å². The van der Waals surface area contributed by atoms with Gasteiger partial charge in [-0.1, -0.05) is 30.3 Å². The first-order valence-electron chi connectivity index (χ1n) is 4.65. The number of aromatic carboxylic acids is 1. The van der Waals surface area contributed by atoms with Crippen molar-refractivity contribution in [3.63, 3.8) is 0 Å². The van der Waals surface area contributed by atoms with Gasteiger partial charge < -0.3 is 9.84 Å². The van der Waals surface area contributed by atoms with Gasteiger partial charge in [0, 0.05) is 5.56 Å². The minimum atomic E-state index is -1.09. The highest BCUT2D eigenvalue weighted by Crippen LogP contribution is 2.30. The molecule has 5 heteroatoms. The van der Waals surface area contributed by atoms with Gasteiger partial charge in [-0.25, -0.2) is 4.79 Å². The van der Waals surface area contributed by atoms with Crippen molar-refractivity contribution < 1.29 is 14.6 Å². The number of nitrogens with zero attached hydrogens (tertiary/aromatic N) is 1. The van der Waals surface area contributed by atoms with Crippen LogP contribution in [0, 0.1) is 0 Å². The second-order valence-corrected chi connectivity index (χ2v) is 3.15. The van der Waals surface area contributed by atoms with Crippen LogP contribution in [0.15, 0.2) is 30.3 Å². The molecule has 0 aliphatic rings. The zero-order valence-electron chi connectivity index (χ0n) is 8.60. The maximum absolute atomic E-state index is 10.9. The number of hydrogen-bond donors (Lipinski definition) is 2. The fraction of sp³-hybridized carbons (Fsp3) is 0.0909. The van der Waals surface area contributed by atoms with Crippen molar-refractivity contribution in [1.82, 2.24) is 10.2 Å². The zero-order valence-corrected chi connectivity index (χ0v) is 8.60. The third-order valence-corrected chi connectivity index (χ3v) is 2.19. The summed E-state index contributed by atoms with van der Waals surface area (Å²) in [6.07, 6.45) is 0. The Morgan fingerprint density at radius 1 is 1.38 bits per heavy atom. The monoisotopic (exact) mass is 218 g/mol. The van der Waals surface area contributed by atoms with Crippen LogP contribution in [-0.4, -0.2) is 28.4 Å². The lowest BCUT2D eigenvalue weighted by molar-refractivity contribution is 0.0687. The van der Waals surface area contributed by atoms with E-state index in [4.69, 9.17) is 9.84 Å². The van der Waals surface area contributed by atoms with Gasteiger partial charge in [0.05, 0.1) is 7.11 Å². The second-order valence-electron chi connectivity index (χ2n) is 3.15. The first-order chi connectivity index (χ1) is 7.74. The predicted molar refractivity (Wildman–Crippen MR) is 57.5 cm³/mol. The Balaban J connectivity index is 2.54. The third kappa shape index (κ3) is 1.63. The number of carboxylic acid groups (broad SMARTS) is 1. The van der Waals surface area contributed by atoms with Crippen molar-refractivity contribution in [2.45, 2.75) is 0 Å². The number of carbonyl (C=O) groups is 1. The maximum Gasteiger partial charge on any atom is 0.357 e. The van der Waals surface area contributed by atoms with Crippen LogP contribution < -0.4 is 4.74 Å². The molecule has 0 amide bonds. The topological polar surface area (TPSA) is 75.2 Å². The van der Waals surface area contributed by atoms with Gasteiger partial charge in [0.15, 0.2) is 11.4 Å². The molecule has 0 bridgehead atoms. The molecule has 2 N–H and O–H groups in total. The van der Waals surface area contributed by atoms with Crippen molar-refractivity contribution in [1.29, 1.82) is 0 Å². The predicted octanol–water partition coefficient (Wildman–Crippen LogP) is 1.78. The fourth-order valence-corrected chi connectivity index (χ4v) is 1.47. The Morgan fingerprint density at radius 3 is 2.62 bits per heavy atom. The van der Waals surface area contributed by atoms with Gasteiger partial charge in [-0.2, -0.15) is 5.10 Å². The summed E-state index contributed by atoms with van der Waals surface area (Å²) >= 11 is 0. The lowest BCUT2D eigenvalue weighted by atomic mass is 10.1. The molecule has 16 heavy (non-hydrogen) atoms. The lowest BCUT2D eigenvalue weighted by Crippen LogP contribution is -1.99. The number of H-pyrrole nitrogens is 1. The molecular formula is C11H10N2O3. The highest BCUT2D eigenvalue weighted by Gasteiger charge is 2.19. The van der Waals surface area contributed by atoms with Crippen LogP contribution >= 0.6 is 0 Å². The lowest BCUT2D eigenvalue weighted by Gasteiger charge is -2.01. The maximum atomic E-state index is 10.9. The Morgan fingerprint density at radius 2 is 2.06 bits per heavy atom. The molecule has 2 rings (SSSR count). The number of nitrogens with one attached hydrogen (secondary N) is 1. The van der Waals surface area contributed by atoms with Crippen molar-refractivity contribution >= 4 is 5.97 Å². The molecule has 0 saturated heterocycles. The van der Waals surface area contributed by atoms with Crippen molar-refractivity contribution in [2.24, 2.45) is 0 Å². The number of hydrogen-bond acceptors (Lipinski definition) is 3. The Hall–Kier alpha value is -2.30. The summed E-state index contributed by atoms with van der Waals surface area (Å²) in [5, 5.41) is 15.3. The number of benzene rings is 1. The molecule has 0 atom stereocenters. The third-order valence-electron chi connectivity index (χ3n) is 2.19. The molecule has 2 aromatic rings. The number of aromatic amines is 1. The minimum absolute atomic E-state index is 0.0404. The van der Waals surface area contributed by atoms with Crippen molar-refractivity contribution in [3.05, 3.63) is 36.0 Å². The summed E-state index contributed by atoms with van der Waals surface area (Å²) in [7, 11) is 1.42. The molecule has 0 fully saturated rings. The van der Waals surface area contributed by atoms with Gasteiger partial charge in [-0.05, 0) is 0 Å². The molecule has 82 valence electrons. The van der Waals surface area contributed by atoms with E-state index in [0.29, 0.717) is 5.69 Å². The summed E-state index contributed by atoms with van der Waals surface area (Å²) in [5.74, 6) is -0.842. The Kier molecular flexibility index (Phi) is 2.59. The number of aromatic nitrogens is 2. The molecular weight excluding hydrogens is 208 g/mol. The smallest absolute Gasteiger partial charge is 0.357 e. The molecule has 0 saturated carbocycles. The van der Waals surface area contributed by atoms with Crippen LogP contribution in [0.2, 0.25) is 0 Å². The van der Waals surface area contributed by atoms with E-state index in [1.807, 2.05) is 30.3 Å². The van der Waals surface area contributed by atoms with Crippen molar-refractivity contribution in [3.8, 4) is 17.0 Å². The van der Waals surface area contributed by atoms with Gasteiger partial charge in [-0.15, -0.1) is 0 Å². The molecule has 1 aromatic heterocycles. The molecule has 0 aliphatic carbocycles. The quantitative estimate of drug-likeness (QED) is 0.823. The number of ether oxygens (including phenoxy) is 1. The van der Waals surface area contributed by atoms with Gasteiger partial charge in [-0.3, -0.25) is 5.10 Å². The first-order valence-corrected chi connectivity index (χ1v) is 4.65. The van der Waals surface area contributed by atoms with Crippen LogP contribution in [0.1, 0.15) is 10.5 Å². The van der Waals surface area contributed by atoms with E-state index in [1.54, 1.807) is 0 Å². The van der Waals surface area contributed by atoms with Crippen LogP contribution in [0.5, 0.6) is 5.75 Å². The average Bonchev–Trinajstić information content (AvgIpc) is 2.73. The normalized spacial score (nSPS) is 10.1. The van der Waals surface area contributed by atoms with E-state index in [1.165, 1.54) is 7.11 Å². The average molecular weight is 218 g/mol. The van der Waals surface area contributed by atoms with Crippen LogP contribution in [0.4, 0.5) is 0 Å². The molecule has 1 heterocycles. The van der Waals surface area contributed by atoms with Crippen LogP contribution in [-0.2, 0) is 0 Å². The Labute approximate surface area is 91.7 Å². The molecule has 0 spiro atoms. The van der Waals surface area contributed by atoms with Crippen molar-refractivity contribution in [2.75, 3.05) is 7.11 Å². The highest BCUT2D eigenvalue weighted by molar-refractivity contribution is 5.91. The summed E-state index contributed by atoms with van der Waals surface area (Å²) in [6, 6.07) is 9.25. The molecule has 0 radical (unpaired) electrons. The van der Waals surface area contributed by atoms with Crippen LogP contribution in [0.25, 0.3) is 11.3 Å². The zero-order chi connectivity index (χ0) is 11.5. The van der Waals surface area contributed by atoms with E-state index in [2.05, 4.69) is 10.2 Å². The summed E-state index contributed by atoms with van der Waals surface area (Å²) in [6.45, 7) is 0. The summed E-state index contributed by atoms with van der Waals surface area (Å²) in [5.41, 5.74) is 1.27.